The molecule has 1 aromatic carbocycles. The Hall–Kier alpha value is -2.96. The Morgan fingerprint density at radius 1 is 1.10 bits per heavy atom. The Morgan fingerprint density at radius 3 is 2.66 bits per heavy atom. The molecule has 150 valence electrons. The Balaban J connectivity index is 1.35. The molecule has 0 saturated carbocycles. The van der Waals surface area contributed by atoms with Gasteiger partial charge in [0.15, 0.2) is 5.82 Å². The van der Waals surface area contributed by atoms with Crippen molar-refractivity contribution in [1.82, 2.24) is 29.4 Å². The molecule has 2 bridgehead atoms. The SMILES string of the molecule is Cc1cc(C)n(CCC(=O)N2[C@@H]3CC[C@H]2Cc2nnc(-c4ccccc4)n2C3)n1. The summed E-state index contributed by atoms with van der Waals surface area (Å²) in [5.74, 6) is 2.13. The molecule has 0 unspecified atom stereocenters. The third kappa shape index (κ3) is 3.24. The fourth-order valence-corrected chi connectivity index (χ4v) is 4.88. The van der Waals surface area contributed by atoms with Crippen LogP contribution in [0.25, 0.3) is 11.4 Å². The van der Waals surface area contributed by atoms with E-state index in [0.29, 0.717) is 13.0 Å². The molecular weight excluding hydrogens is 364 g/mol. The summed E-state index contributed by atoms with van der Waals surface area (Å²) in [6.07, 6.45) is 3.36. The highest BCUT2D eigenvalue weighted by Gasteiger charge is 2.40. The van der Waals surface area contributed by atoms with Crippen LogP contribution in [0, 0.1) is 13.8 Å². The second-order valence-electron chi connectivity index (χ2n) is 8.21. The van der Waals surface area contributed by atoms with Crippen molar-refractivity contribution in [2.24, 2.45) is 0 Å². The van der Waals surface area contributed by atoms with Gasteiger partial charge in [0.2, 0.25) is 5.91 Å². The molecule has 2 aromatic heterocycles. The lowest BCUT2D eigenvalue weighted by atomic mass is 10.1. The van der Waals surface area contributed by atoms with Crippen molar-refractivity contribution in [3.63, 3.8) is 0 Å². The number of rotatable bonds is 4. The largest absolute Gasteiger partial charge is 0.334 e. The van der Waals surface area contributed by atoms with Crippen LogP contribution in [0.2, 0.25) is 0 Å². The molecular formula is C22H26N6O. The molecule has 1 fully saturated rings. The van der Waals surface area contributed by atoms with Crippen LogP contribution in [-0.2, 0) is 24.3 Å². The van der Waals surface area contributed by atoms with Gasteiger partial charge in [0, 0.05) is 43.2 Å². The highest BCUT2D eigenvalue weighted by atomic mass is 16.2. The molecule has 1 amide bonds. The van der Waals surface area contributed by atoms with Gasteiger partial charge in [0.25, 0.3) is 0 Å². The third-order valence-electron chi connectivity index (χ3n) is 6.22. The van der Waals surface area contributed by atoms with Crippen molar-refractivity contribution < 1.29 is 4.79 Å². The maximum atomic E-state index is 13.2. The van der Waals surface area contributed by atoms with Gasteiger partial charge in [-0.05, 0) is 32.8 Å². The zero-order valence-corrected chi connectivity index (χ0v) is 17.0. The molecule has 3 aromatic rings. The van der Waals surface area contributed by atoms with E-state index in [9.17, 15) is 4.79 Å². The number of carbonyl (C=O) groups is 1. The second-order valence-corrected chi connectivity index (χ2v) is 8.21. The summed E-state index contributed by atoms with van der Waals surface area (Å²) in [6, 6.07) is 12.7. The van der Waals surface area contributed by atoms with Crippen molar-refractivity contribution in [2.45, 2.75) is 64.7 Å². The van der Waals surface area contributed by atoms with Gasteiger partial charge < -0.3 is 9.47 Å². The maximum Gasteiger partial charge on any atom is 0.225 e. The van der Waals surface area contributed by atoms with Crippen LogP contribution in [0.5, 0.6) is 0 Å². The van der Waals surface area contributed by atoms with E-state index in [1.165, 1.54) is 0 Å². The molecule has 29 heavy (non-hydrogen) atoms. The number of benzene rings is 1. The number of hydrogen-bond donors (Lipinski definition) is 0. The average Bonchev–Trinajstić information content (AvgIpc) is 3.35. The summed E-state index contributed by atoms with van der Waals surface area (Å²) >= 11 is 0. The van der Waals surface area contributed by atoms with E-state index in [4.69, 9.17) is 0 Å². The summed E-state index contributed by atoms with van der Waals surface area (Å²) in [6.45, 7) is 5.43. The molecule has 4 heterocycles. The summed E-state index contributed by atoms with van der Waals surface area (Å²) in [5.41, 5.74) is 3.18. The highest BCUT2D eigenvalue weighted by molar-refractivity contribution is 5.77. The minimum absolute atomic E-state index is 0.215. The molecule has 2 atom stereocenters. The Kier molecular flexibility index (Phi) is 4.45. The van der Waals surface area contributed by atoms with Crippen molar-refractivity contribution in [2.75, 3.05) is 0 Å². The minimum atomic E-state index is 0.215. The summed E-state index contributed by atoms with van der Waals surface area (Å²) < 4.78 is 4.16. The first-order valence-electron chi connectivity index (χ1n) is 10.4. The molecule has 2 aliphatic rings. The lowest BCUT2D eigenvalue weighted by molar-refractivity contribution is -0.134. The first-order valence-corrected chi connectivity index (χ1v) is 10.4. The van der Waals surface area contributed by atoms with Crippen molar-refractivity contribution in [3.8, 4) is 11.4 Å². The van der Waals surface area contributed by atoms with Crippen LogP contribution in [0.3, 0.4) is 0 Å². The molecule has 0 aliphatic carbocycles. The highest BCUT2D eigenvalue weighted by Crippen LogP contribution is 2.33. The van der Waals surface area contributed by atoms with Gasteiger partial charge in [-0.1, -0.05) is 30.3 Å². The topological polar surface area (TPSA) is 68.8 Å². The standard InChI is InChI=1S/C22H26N6O/c1-15-12-16(2)27(25-15)11-10-21(29)28-18-8-9-19(28)14-26-20(13-18)23-24-22(26)17-6-4-3-5-7-17/h3-7,12,18-19H,8-11,13-14H2,1-2H3/t18-,19+/m0/s1. The predicted molar refractivity (Wildman–Crippen MR) is 109 cm³/mol. The van der Waals surface area contributed by atoms with E-state index in [1.54, 1.807) is 0 Å². The predicted octanol–water partition coefficient (Wildman–Crippen LogP) is 2.76. The van der Waals surface area contributed by atoms with Crippen LogP contribution >= 0.6 is 0 Å². The molecule has 2 aliphatic heterocycles. The van der Waals surface area contributed by atoms with Gasteiger partial charge in [-0.3, -0.25) is 9.48 Å². The summed E-state index contributed by atoms with van der Waals surface area (Å²) in [5, 5.41) is 13.4. The molecule has 0 radical (unpaired) electrons. The third-order valence-corrected chi connectivity index (χ3v) is 6.22. The zero-order valence-electron chi connectivity index (χ0n) is 17.0. The van der Waals surface area contributed by atoms with Gasteiger partial charge in [-0.25, -0.2) is 0 Å². The van der Waals surface area contributed by atoms with E-state index >= 15 is 0 Å². The Morgan fingerprint density at radius 2 is 1.90 bits per heavy atom. The number of amides is 1. The van der Waals surface area contributed by atoms with Crippen molar-refractivity contribution in [1.29, 1.82) is 0 Å². The number of carbonyl (C=O) groups excluding carboxylic acids is 1. The van der Waals surface area contributed by atoms with Gasteiger partial charge in [0.05, 0.1) is 11.7 Å². The zero-order chi connectivity index (χ0) is 20.0. The summed E-state index contributed by atoms with van der Waals surface area (Å²) in [7, 11) is 0. The number of nitrogens with zero attached hydrogens (tertiary/aromatic N) is 6. The van der Waals surface area contributed by atoms with E-state index in [-0.39, 0.29) is 18.0 Å². The average molecular weight is 390 g/mol. The Labute approximate surface area is 170 Å². The maximum absolute atomic E-state index is 13.2. The van der Waals surface area contributed by atoms with Crippen LogP contribution in [0.1, 0.15) is 36.5 Å². The van der Waals surface area contributed by atoms with Crippen molar-refractivity contribution in [3.05, 3.63) is 53.6 Å². The number of aromatic nitrogens is 5. The van der Waals surface area contributed by atoms with Gasteiger partial charge in [-0.15, -0.1) is 10.2 Å². The van der Waals surface area contributed by atoms with Crippen LogP contribution in [0.15, 0.2) is 36.4 Å². The smallest absolute Gasteiger partial charge is 0.225 e. The number of fused-ring (bicyclic) bond motifs is 3. The minimum Gasteiger partial charge on any atom is -0.334 e. The van der Waals surface area contributed by atoms with E-state index < -0.39 is 0 Å². The first-order chi connectivity index (χ1) is 14.1. The van der Waals surface area contributed by atoms with E-state index in [2.05, 4.69) is 43.0 Å². The molecule has 7 nitrogen and oxygen atoms in total. The fourth-order valence-electron chi connectivity index (χ4n) is 4.88. The number of aryl methyl sites for hydroxylation is 3. The molecule has 0 spiro atoms. The van der Waals surface area contributed by atoms with E-state index in [1.807, 2.05) is 36.7 Å². The van der Waals surface area contributed by atoms with Crippen LogP contribution in [-0.4, -0.2) is 47.4 Å². The van der Waals surface area contributed by atoms with Gasteiger partial charge in [-0.2, -0.15) is 5.10 Å². The van der Waals surface area contributed by atoms with Crippen LogP contribution in [0.4, 0.5) is 0 Å². The molecule has 0 N–H and O–H groups in total. The van der Waals surface area contributed by atoms with Gasteiger partial charge >= 0.3 is 0 Å². The normalized spacial score (nSPS) is 20.6. The Bertz CT molecular complexity index is 1040. The molecule has 1 saturated heterocycles. The quantitative estimate of drug-likeness (QED) is 0.687. The van der Waals surface area contributed by atoms with E-state index in [0.717, 1.165) is 54.4 Å². The molecule has 5 rings (SSSR count). The lowest BCUT2D eigenvalue weighted by Gasteiger charge is -2.28. The first kappa shape index (κ1) is 18.1. The van der Waals surface area contributed by atoms with Crippen molar-refractivity contribution >= 4 is 5.91 Å². The lowest BCUT2D eigenvalue weighted by Crippen LogP contribution is -2.42. The summed E-state index contributed by atoms with van der Waals surface area (Å²) in [4.78, 5) is 15.3. The monoisotopic (exact) mass is 390 g/mol. The van der Waals surface area contributed by atoms with Gasteiger partial charge in [0.1, 0.15) is 5.82 Å². The number of hydrogen-bond acceptors (Lipinski definition) is 4. The molecule has 7 heteroatoms. The second kappa shape index (κ2) is 7.13. The fraction of sp³-hybridized carbons (Fsp3) is 0.455. The van der Waals surface area contributed by atoms with Crippen LogP contribution < -0.4 is 0 Å².